The fraction of sp³-hybridized carbons (Fsp3) is 0.882. The van der Waals surface area contributed by atoms with Gasteiger partial charge in [0.2, 0.25) is 5.91 Å². The molecule has 2 aliphatic carbocycles. The zero-order valence-electron chi connectivity index (χ0n) is 13.4. The minimum atomic E-state index is -0.228. The Kier molecular flexibility index (Phi) is 4.89. The third-order valence-corrected chi connectivity index (χ3v) is 6.07. The number of carbonyl (C=O) groups is 2. The fourth-order valence-electron chi connectivity index (χ4n) is 4.83. The van der Waals surface area contributed by atoms with Crippen molar-refractivity contribution in [3.8, 4) is 0 Å². The van der Waals surface area contributed by atoms with E-state index in [1.807, 2.05) is 4.90 Å². The van der Waals surface area contributed by atoms with Crippen LogP contribution < -0.4 is 11.1 Å². The van der Waals surface area contributed by atoms with Crippen LogP contribution in [0.5, 0.6) is 0 Å². The average molecular weight is 307 g/mol. The molecular weight excluding hydrogens is 278 g/mol. The summed E-state index contributed by atoms with van der Waals surface area (Å²) >= 11 is 0. The molecule has 3 fully saturated rings. The maximum atomic E-state index is 12.2. The van der Waals surface area contributed by atoms with E-state index in [1.54, 1.807) is 0 Å². The summed E-state index contributed by atoms with van der Waals surface area (Å²) in [5.74, 6) is 2.89. The predicted molar refractivity (Wildman–Crippen MR) is 85.1 cm³/mol. The molecule has 1 aliphatic heterocycles. The van der Waals surface area contributed by atoms with Crippen molar-refractivity contribution in [2.75, 3.05) is 19.6 Å². The van der Waals surface area contributed by atoms with Gasteiger partial charge in [-0.25, -0.2) is 4.79 Å². The first-order chi connectivity index (χ1) is 10.6. The second-order valence-electron chi connectivity index (χ2n) is 7.56. The number of urea groups is 1. The summed E-state index contributed by atoms with van der Waals surface area (Å²) in [6.45, 7) is 2.31. The summed E-state index contributed by atoms with van der Waals surface area (Å²) in [6, 6.07) is 0.0701. The van der Waals surface area contributed by atoms with Crippen LogP contribution in [0.15, 0.2) is 0 Å². The molecule has 5 nitrogen and oxygen atoms in total. The first-order valence-electron chi connectivity index (χ1n) is 8.93. The quantitative estimate of drug-likeness (QED) is 0.816. The van der Waals surface area contributed by atoms with Crippen LogP contribution in [0.4, 0.5) is 4.79 Å². The maximum Gasteiger partial charge on any atom is 0.317 e. The molecule has 0 aromatic rings. The molecule has 124 valence electrons. The Morgan fingerprint density at radius 1 is 1.09 bits per heavy atom. The third-order valence-electron chi connectivity index (χ3n) is 6.07. The number of amides is 3. The molecule has 2 saturated carbocycles. The standard InChI is InChI=1S/C17H29N3O2/c18-16(21)11-12-4-7-20(8-5-12)17(22)19-6-3-15-10-13-1-2-14(15)9-13/h12-15H,1-11H2,(H2,18,21)(H,19,22). The van der Waals surface area contributed by atoms with Gasteiger partial charge >= 0.3 is 6.03 Å². The summed E-state index contributed by atoms with van der Waals surface area (Å²) in [5.41, 5.74) is 5.24. The van der Waals surface area contributed by atoms with Crippen molar-refractivity contribution >= 4 is 11.9 Å². The summed E-state index contributed by atoms with van der Waals surface area (Å²) in [6.07, 6.45) is 9.06. The van der Waals surface area contributed by atoms with Crippen LogP contribution in [0.2, 0.25) is 0 Å². The Morgan fingerprint density at radius 2 is 1.86 bits per heavy atom. The summed E-state index contributed by atoms with van der Waals surface area (Å²) in [4.78, 5) is 25.0. The van der Waals surface area contributed by atoms with Crippen LogP contribution in [0, 0.1) is 23.7 Å². The van der Waals surface area contributed by atoms with E-state index in [-0.39, 0.29) is 11.9 Å². The van der Waals surface area contributed by atoms with Crippen molar-refractivity contribution in [1.29, 1.82) is 0 Å². The summed E-state index contributed by atoms with van der Waals surface area (Å²) in [5, 5.41) is 3.09. The van der Waals surface area contributed by atoms with Crippen molar-refractivity contribution < 1.29 is 9.59 Å². The number of likely N-dealkylation sites (tertiary alicyclic amines) is 1. The van der Waals surface area contributed by atoms with Crippen molar-refractivity contribution in [1.82, 2.24) is 10.2 Å². The number of nitrogens with two attached hydrogens (primary N) is 1. The van der Waals surface area contributed by atoms with Gasteiger partial charge in [-0.3, -0.25) is 4.79 Å². The lowest BCUT2D eigenvalue weighted by Gasteiger charge is -2.31. The van der Waals surface area contributed by atoms with Crippen molar-refractivity contribution in [2.45, 2.75) is 51.4 Å². The highest BCUT2D eigenvalue weighted by Crippen LogP contribution is 2.49. The fourth-order valence-corrected chi connectivity index (χ4v) is 4.83. The first kappa shape index (κ1) is 15.6. The molecule has 3 rings (SSSR count). The number of nitrogens with zero attached hydrogens (tertiary/aromatic N) is 1. The Bertz CT molecular complexity index is 418. The third kappa shape index (κ3) is 3.73. The minimum Gasteiger partial charge on any atom is -0.370 e. The zero-order valence-corrected chi connectivity index (χ0v) is 13.4. The highest BCUT2D eigenvalue weighted by Gasteiger charge is 2.38. The number of hydrogen-bond acceptors (Lipinski definition) is 2. The molecule has 0 radical (unpaired) electrons. The molecule has 3 amide bonds. The van der Waals surface area contributed by atoms with E-state index < -0.39 is 0 Å². The molecule has 3 N–H and O–H groups in total. The molecular formula is C17H29N3O2. The van der Waals surface area contributed by atoms with Crippen LogP contribution in [0.1, 0.15) is 51.4 Å². The van der Waals surface area contributed by atoms with Gasteiger partial charge in [0.15, 0.2) is 0 Å². The predicted octanol–water partition coefficient (Wildman–Crippen LogP) is 2.11. The molecule has 0 aromatic heterocycles. The van der Waals surface area contributed by atoms with Gasteiger partial charge in [0.1, 0.15) is 0 Å². The van der Waals surface area contributed by atoms with Gasteiger partial charge in [0.05, 0.1) is 0 Å². The van der Waals surface area contributed by atoms with Gasteiger partial charge in [-0.1, -0.05) is 6.42 Å². The number of rotatable bonds is 5. The molecule has 3 aliphatic rings. The van der Waals surface area contributed by atoms with E-state index in [0.717, 1.165) is 56.7 Å². The van der Waals surface area contributed by atoms with E-state index in [9.17, 15) is 9.59 Å². The maximum absolute atomic E-state index is 12.2. The number of primary amides is 1. The molecule has 1 heterocycles. The lowest BCUT2D eigenvalue weighted by Crippen LogP contribution is -2.45. The molecule has 22 heavy (non-hydrogen) atoms. The van der Waals surface area contributed by atoms with Crippen LogP contribution in [-0.4, -0.2) is 36.5 Å². The molecule has 1 saturated heterocycles. The Labute approximate surface area is 133 Å². The normalized spacial score (nSPS) is 31.5. The number of piperidine rings is 1. The van der Waals surface area contributed by atoms with E-state index in [0.29, 0.717) is 12.3 Å². The molecule has 3 atom stereocenters. The molecule has 3 unspecified atom stereocenters. The van der Waals surface area contributed by atoms with Crippen molar-refractivity contribution in [2.24, 2.45) is 29.4 Å². The highest BCUT2D eigenvalue weighted by atomic mass is 16.2. The summed E-state index contributed by atoms with van der Waals surface area (Å²) in [7, 11) is 0. The Hall–Kier alpha value is -1.26. The van der Waals surface area contributed by atoms with E-state index >= 15 is 0 Å². The van der Waals surface area contributed by atoms with Gasteiger partial charge in [-0.05, 0) is 62.2 Å². The highest BCUT2D eigenvalue weighted by molar-refractivity contribution is 5.75. The van der Waals surface area contributed by atoms with Gasteiger partial charge in [-0.2, -0.15) is 0 Å². The first-order valence-corrected chi connectivity index (χ1v) is 8.93. The molecule has 2 bridgehead atoms. The lowest BCUT2D eigenvalue weighted by atomic mass is 9.86. The smallest absolute Gasteiger partial charge is 0.317 e. The number of carbonyl (C=O) groups excluding carboxylic acids is 2. The van der Waals surface area contributed by atoms with E-state index in [2.05, 4.69) is 5.32 Å². The number of nitrogens with one attached hydrogen (secondary N) is 1. The average Bonchev–Trinajstić information content (AvgIpc) is 3.10. The second kappa shape index (κ2) is 6.88. The second-order valence-corrected chi connectivity index (χ2v) is 7.56. The van der Waals surface area contributed by atoms with Crippen LogP contribution >= 0.6 is 0 Å². The Morgan fingerprint density at radius 3 is 2.45 bits per heavy atom. The van der Waals surface area contributed by atoms with Crippen LogP contribution in [-0.2, 0) is 4.79 Å². The lowest BCUT2D eigenvalue weighted by molar-refractivity contribution is -0.119. The van der Waals surface area contributed by atoms with Crippen LogP contribution in [0.25, 0.3) is 0 Å². The molecule has 0 aromatic carbocycles. The van der Waals surface area contributed by atoms with Crippen LogP contribution in [0.3, 0.4) is 0 Å². The van der Waals surface area contributed by atoms with E-state index in [4.69, 9.17) is 5.73 Å². The monoisotopic (exact) mass is 307 g/mol. The van der Waals surface area contributed by atoms with Crippen molar-refractivity contribution in [3.63, 3.8) is 0 Å². The topological polar surface area (TPSA) is 75.4 Å². The van der Waals surface area contributed by atoms with Gasteiger partial charge in [-0.15, -0.1) is 0 Å². The largest absolute Gasteiger partial charge is 0.370 e. The number of fused-ring (bicyclic) bond motifs is 2. The summed E-state index contributed by atoms with van der Waals surface area (Å²) < 4.78 is 0. The van der Waals surface area contributed by atoms with Crippen molar-refractivity contribution in [3.05, 3.63) is 0 Å². The minimum absolute atomic E-state index is 0.0701. The molecule has 0 spiro atoms. The van der Waals surface area contributed by atoms with Gasteiger partial charge < -0.3 is 16.0 Å². The van der Waals surface area contributed by atoms with Gasteiger partial charge in [0, 0.05) is 26.1 Å². The Balaban J connectivity index is 1.32. The molecule has 5 heteroatoms. The number of hydrogen-bond donors (Lipinski definition) is 2. The van der Waals surface area contributed by atoms with Gasteiger partial charge in [0.25, 0.3) is 0 Å². The SMILES string of the molecule is NC(=O)CC1CCN(C(=O)NCCC2CC3CCC2C3)CC1. The van der Waals surface area contributed by atoms with E-state index in [1.165, 1.54) is 25.7 Å². The zero-order chi connectivity index (χ0) is 15.5.